The van der Waals surface area contributed by atoms with E-state index in [0.717, 1.165) is 0 Å². The van der Waals surface area contributed by atoms with Gasteiger partial charge in [-0.3, -0.25) is 4.79 Å². The highest BCUT2D eigenvalue weighted by atomic mass is 16.5. The first kappa shape index (κ1) is 13.8. The Labute approximate surface area is 116 Å². The van der Waals surface area contributed by atoms with Gasteiger partial charge in [-0.25, -0.2) is 4.79 Å². The van der Waals surface area contributed by atoms with Crippen molar-refractivity contribution >= 4 is 11.8 Å². The van der Waals surface area contributed by atoms with Gasteiger partial charge in [-0.05, 0) is 30.7 Å². The number of hydrogen-bond acceptors (Lipinski definition) is 4. The molecule has 0 bridgehead atoms. The fraction of sp³-hybridized carbons (Fsp3) is 0.125. The predicted molar refractivity (Wildman–Crippen MR) is 73.9 cm³/mol. The monoisotopic (exact) mass is 270 g/mol. The first-order valence-electron chi connectivity index (χ1n) is 6.13. The number of Topliss-reactive ketones (excluding diaryl/α,β-unsaturated/α-hetero) is 1. The molecule has 2 aromatic rings. The molecule has 0 radical (unpaired) electrons. The van der Waals surface area contributed by atoms with Crippen molar-refractivity contribution in [2.45, 2.75) is 6.92 Å². The Kier molecular flexibility index (Phi) is 4.15. The molecule has 0 unspecified atom stereocenters. The molecule has 0 saturated carbocycles. The van der Waals surface area contributed by atoms with Gasteiger partial charge in [0, 0.05) is 0 Å². The van der Waals surface area contributed by atoms with Crippen molar-refractivity contribution in [2.75, 3.05) is 6.61 Å². The normalized spacial score (nSPS) is 10.1. The lowest BCUT2D eigenvalue weighted by Gasteiger charge is -2.08. The Balaban J connectivity index is 2.05. The van der Waals surface area contributed by atoms with Gasteiger partial charge in [0.1, 0.15) is 5.75 Å². The van der Waals surface area contributed by atoms with Crippen molar-refractivity contribution in [2.24, 2.45) is 0 Å². The summed E-state index contributed by atoms with van der Waals surface area (Å²) in [6.07, 6.45) is 0. The minimum Gasteiger partial charge on any atom is -0.507 e. The topological polar surface area (TPSA) is 63.6 Å². The second-order valence-electron chi connectivity index (χ2n) is 4.33. The van der Waals surface area contributed by atoms with Crippen LogP contribution in [0.2, 0.25) is 0 Å². The fourth-order valence-electron chi connectivity index (χ4n) is 1.88. The lowest BCUT2D eigenvalue weighted by atomic mass is 10.0. The van der Waals surface area contributed by atoms with Gasteiger partial charge in [0.2, 0.25) is 5.78 Å². The summed E-state index contributed by atoms with van der Waals surface area (Å²) in [5.41, 5.74) is 1.22. The Morgan fingerprint density at radius 1 is 1.05 bits per heavy atom. The van der Waals surface area contributed by atoms with Crippen LogP contribution in [0.4, 0.5) is 0 Å². The highest BCUT2D eigenvalue weighted by Crippen LogP contribution is 2.21. The van der Waals surface area contributed by atoms with Crippen molar-refractivity contribution in [3.63, 3.8) is 0 Å². The number of ether oxygens (including phenoxy) is 1. The summed E-state index contributed by atoms with van der Waals surface area (Å²) >= 11 is 0. The Morgan fingerprint density at radius 3 is 2.40 bits per heavy atom. The molecule has 0 aliphatic heterocycles. The van der Waals surface area contributed by atoms with E-state index in [9.17, 15) is 14.7 Å². The summed E-state index contributed by atoms with van der Waals surface area (Å²) in [5.74, 6) is -1.09. The number of aryl methyl sites for hydroxylation is 1. The first-order chi connectivity index (χ1) is 9.59. The maximum Gasteiger partial charge on any atom is 0.338 e. The highest BCUT2D eigenvalue weighted by Gasteiger charge is 2.16. The molecule has 0 saturated heterocycles. The molecule has 0 amide bonds. The minimum atomic E-state index is -0.563. The van der Waals surface area contributed by atoms with Crippen molar-refractivity contribution in [3.8, 4) is 5.75 Å². The van der Waals surface area contributed by atoms with Gasteiger partial charge in [0.25, 0.3) is 0 Å². The number of aromatic hydroxyl groups is 1. The second-order valence-corrected chi connectivity index (χ2v) is 4.33. The Morgan fingerprint density at radius 2 is 1.75 bits per heavy atom. The summed E-state index contributed by atoms with van der Waals surface area (Å²) in [6, 6.07) is 13.2. The summed E-state index contributed by atoms with van der Waals surface area (Å²) in [6.45, 7) is 1.32. The standard InChI is InChI=1S/C16H14O4/c1-11-6-5-9-13(17)15(11)14(18)10-20-16(19)12-7-3-2-4-8-12/h2-9,17H,10H2,1H3. The van der Waals surface area contributed by atoms with E-state index >= 15 is 0 Å². The van der Waals surface area contributed by atoms with Crippen LogP contribution in [-0.4, -0.2) is 23.5 Å². The van der Waals surface area contributed by atoms with Gasteiger partial charge in [-0.1, -0.05) is 30.3 Å². The molecule has 0 atom stereocenters. The number of carbonyl (C=O) groups is 2. The molecule has 2 aromatic carbocycles. The van der Waals surface area contributed by atoms with Crippen molar-refractivity contribution < 1.29 is 19.4 Å². The third-order valence-corrected chi connectivity index (χ3v) is 2.87. The van der Waals surface area contributed by atoms with Crippen molar-refractivity contribution in [3.05, 3.63) is 65.2 Å². The molecule has 0 aromatic heterocycles. The van der Waals surface area contributed by atoms with Crippen LogP contribution < -0.4 is 0 Å². The minimum absolute atomic E-state index is 0.106. The van der Waals surface area contributed by atoms with Gasteiger partial charge in [0.15, 0.2) is 6.61 Å². The molecule has 20 heavy (non-hydrogen) atoms. The number of phenols is 1. The van der Waals surface area contributed by atoms with Crippen LogP contribution in [0.25, 0.3) is 0 Å². The predicted octanol–water partition coefficient (Wildman–Crippen LogP) is 2.74. The van der Waals surface area contributed by atoms with Gasteiger partial charge < -0.3 is 9.84 Å². The molecule has 4 heteroatoms. The van der Waals surface area contributed by atoms with E-state index in [4.69, 9.17) is 4.74 Å². The number of phenolic OH excluding ortho intramolecular Hbond substituents is 1. The van der Waals surface area contributed by atoms with Crippen LogP contribution in [-0.2, 0) is 4.74 Å². The van der Waals surface area contributed by atoms with Gasteiger partial charge in [0.05, 0.1) is 11.1 Å². The maximum absolute atomic E-state index is 12.0. The number of ketones is 1. The molecule has 102 valence electrons. The van der Waals surface area contributed by atoms with E-state index in [0.29, 0.717) is 11.1 Å². The third kappa shape index (κ3) is 3.03. The smallest absolute Gasteiger partial charge is 0.338 e. The molecule has 0 heterocycles. The number of carbonyl (C=O) groups excluding carboxylic acids is 2. The lowest BCUT2D eigenvalue weighted by Crippen LogP contribution is -2.15. The number of esters is 1. The van der Waals surface area contributed by atoms with E-state index in [1.807, 2.05) is 0 Å². The molecule has 2 rings (SSSR count). The van der Waals surface area contributed by atoms with Crippen LogP contribution in [0.1, 0.15) is 26.3 Å². The van der Waals surface area contributed by atoms with Crippen molar-refractivity contribution in [1.29, 1.82) is 0 Å². The zero-order chi connectivity index (χ0) is 14.5. The van der Waals surface area contributed by atoms with E-state index in [-0.39, 0.29) is 11.3 Å². The summed E-state index contributed by atoms with van der Waals surface area (Å²) in [5, 5.41) is 9.68. The largest absolute Gasteiger partial charge is 0.507 e. The Hall–Kier alpha value is -2.62. The molecule has 0 aliphatic carbocycles. The van der Waals surface area contributed by atoms with Crippen LogP contribution in [0, 0.1) is 6.92 Å². The second kappa shape index (κ2) is 6.02. The average molecular weight is 270 g/mol. The average Bonchev–Trinajstić information content (AvgIpc) is 2.45. The molecular weight excluding hydrogens is 256 g/mol. The number of hydrogen-bond donors (Lipinski definition) is 1. The van der Waals surface area contributed by atoms with Gasteiger partial charge >= 0.3 is 5.97 Å². The molecule has 0 fully saturated rings. The fourth-order valence-corrected chi connectivity index (χ4v) is 1.88. The van der Waals surface area contributed by atoms with Crippen LogP contribution in [0.5, 0.6) is 5.75 Å². The molecule has 1 N–H and O–H groups in total. The molecule has 4 nitrogen and oxygen atoms in total. The number of benzene rings is 2. The maximum atomic E-state index is 12.0. The molecule has 0 aliphatic rings. The summed E-state index contributed by atoms with van der Waals surface area (Å²) < 4.78 is 4.95. The zero-order valence-corrected chi connectivity index (χ0v) is 11.0. The Bertz CT molecular complexity index is 612. The molecule has 0 spiro atoms. The number of rotatable bonds is 4. The van der Waals surface area contributed by atoms with Crippen LogP contribution in [0.3, 0.4) is 0 Å². The zero-order valence-electron chi connectivity index (χ0n) is 11.0. The van der Waals surface area contributed by atoms with E-state index in [1.54, 1.807) is 49.4 Å². The lowest BCUT2D eigenvalue weighted by molar-refractivity contribution is 0.0473. The quantitative estimate of drug-likeness (QED) is 0.685. The highest BCUT2D eigenvalue weighted by molar-refractivity contribution is 6.02. The van der Waals surface area contributed by atoms with Crippen LogP contribution >= 0.6 is 0 Å². The van der Waals surface area contributed by atoms with E-state index < -0.39 is 18.4 Å². The first-order valence-corrected chi connectivity index (χ1v) is 6.13. The van der Waals surface area contributed by atoms with E-state index in [1.165, 1.54) is 6.07 Å². The third-order valence-electron chi connectivity index (χ3n) is 2.87. The summed E-state index contributed by atoms with van der Waals surface area (Å²) in [4.78, 5) is 23.7. The molecular formula is C16H14O4. The van der Waals surface area contributed by atoms with Crippen molar-refractivity contribution in [1.82, 2.24) is 0 Å². The van der Waals surface area contributed by atoms with Gasteiger partial charge in [-0.2, -0.15) is 0 Å². The van der Waals surface area contributed by atoms with Crippen LogP contribution in [0.15, 0.2) is 48.5 Å². The van der Waals surface area contributed by atoms with E-state index in [2.05, 4.69) is 0 Å². The summed E-state index contributed by atoms with van der Waals surface area (Å²) in [7, 11) is 0. The van der Waals surface area contributed by atoms with Gasteiger partial charge in [-0.15, -0.1) is 0 Å². The SMILES string of the molecule is Cc1cccc(O)c1C(=O)COC(=O)c1ccccc1.